The minimum atomic E-state index is 0. The fraction of sp³-hybridized carbons (Fsp3) is 0.938. The second-order valence-electron chi connectivity index (χ2n) is 6.18. The molecule has 1 fully saturated rings. The highest BCUT2D eigenvalue weighted by Gasteiger charge is 2.26. The second kappa shape index (κ2) is 10.4. The Morgan fingerprint density at radius 3 is 2.30 bits per heavy atom. The van der Waals surface area contributed by atoms with Crippen LogP contribution in [-0.4, -0.2) is 36.5 Å². The highest BCUT2D eigenvalue weighted by Crippen LogP contribution is 2.22. The van der Waals surface area contributed by atoms with Crippen LogP contribution in [0, 0.1) is 11.8 Å². The summed E-state index contributed by atoms with van der Waals surface area (Å²) in [7, 11) is 0. The van der Waals surface area contributed by atoms with Crippen molar-refractivity contribution < 1.29 is 4.79 Å². The number of rotatable bonds is 7. The van der Waals surface area contributed by atoms with Crippen molar-refractivity contribution in [1.82, 2.24) is 10.2 Å². The number of halogens is 1. The summed E-state index contributed by atoms with van der Waals surface area (Å²) in [6.07, 6.45) is 5.14. The van der Waals surface area contributed by atoms with Crippen molar-refractivity contribution in [3.8, 4) is 0 Å². The van der Waals surface area contributed by atoms with Gasteiger partial charge >= 0.3 is 0 Å². The molecule has 1 rings (SSSR count). The van der Waals surface area contributed by atoms with Crippen molar-refractivity contribution >= 4 is 18.3 Å². The summed E-state index contributed by atoms with van der Waals surface area (Å²) in [6, 6.07) is 0.471. The zero-order valence-corrected chi connectivity index (χ0v) is 14.5. The zero-order valence-electron chi connectivity index (χ0n) is 13.7. The van der Waals surface area contributed by atoms with E-state index in [-0.39, 0.29) is 12.4 Å². The quantitative estimate of drug-likeness (QED) is 0.781. The Kier molecular flexibility index (Phi) is 10.3. The monoisotopic (exact) mass is 304 g/mol. The van der Waals surface area contributed by atoms with E-state index < -0.39 is 0 Å². The Hall–Kier alpha value is -0.280. The van der Waals surface area contributed by atoms with E-state index in [1.54, 1.807) is 0 Å². The lowest BCUT2D eigenvalue weighted by Gasteiger charge is -2.35. The summed E-state index contributed by atoms with van der Waals surface area (Å²) in [5.74, 6) is 1.52. The first-order valence-electron chi connectivity index (χ1n) is 8.10. The van der Waals surface area contributed by atoms with Gasteiger partial charge < -0.3 is 10.2 Å². The van der Waals surface area contributed by atoms with Crippen LogP contribution in [0.4, 0.5) is 0 Å². The van der Waals surface area contributed by atoms with Crippen molar-refractivity contribution in [3.05, 3.63) is 0 Å². The molecule has 0 bridgehead atoms. The fourth-order valence-electron chi connectivity index (χ4n) is 3.06. The van der Waals surface area contributed by atoms with Crippen molar-refractivity contribution in [2.75, 3.05) is 19.6 Å². The van der Waals surface area contributed by atoms with Crippen LogP contribution in [0.3, 0.4) is 0 Å². The molecule has 1 aliphatic rings. The van der Waals surface area contributed by atoms with Crippen LogP contribution in [0.1, 0.15) is 59.8 Å². The fourth-order valence-corrected chi connectivity index (χ4v) is 3.06. The van der Waals surface area contributed by atoms with E-state index in [0.29, 0.717) is 23.8 Å². The summed E-state index contributed by atoms with van der Waals surface area (Å²) < 4.78 is 0. The molecule has 0 aliphatic carbocycles. The Morgan fingerprint density at radius 1 is 1.25 bits per heavy atom. The van der Waals surface area contributed by atoms with Gasteiger partial charge in [0.1, 0.15) is 0 Å². The molecule has 0 radical (unpaired) electrons. The molecule has 1 unspecified atom stereocenters. The summed E-state index contributed by atoms with van der Waals surface area (Å²) in [5, 5.41) is 3.38. The van der Waals surface area contributed by atoms with E-state index in [2.05, 4.69) is 37.9 Å². The number of carbonyl (C=O) groups excluding carboxylic acids is 1. The van der Waals surface area contributed by atoms with Crippen LogP contribution in [-0.2, 0) is 4.79 Å². The molecule has 1 heterocycles. The molecule has 0 saturated carbocycles. The molecule has 120 valence electrons. The van der Waals surface area contributed by atoms with Gasteiger partial charge in [0.05, 0.1) is 0 Å². The third-order valence-electron chi connectivity index (χ3n) is 4.44. The number of hydrogen-bond donors (Lipinski definition) is 1. The van der Waals surface area contributed by atoms with Gasteiger partial charge in [-0.15, -0.1) is 12.4 Å². The van der Waals surface area contributed by atoms with Crippen LogP contribution in [0.5, 0.6) is 0 Å². The number of piperidine rings is 1. The summed E-state index contributed by atoms with van der Waals surface area (Å²) in [6.45, 7) is 11.9. The van der Waals surface area contributed by atoms with Crippen molar-refractivity contribution in [3.63, 3.8) is 0 Å². The van der Waals surface area contributed by atoms with Crippen LogP contribution in [0.15, 0.2) is 0 Å². The Labute approximate surface area is 131 Å². The first-order valence-corrected chi connectivity index (χ1v) is 8.10. The topological polar surface area (TPSA) is 32.3 Å². The van der Waals surface area contributed by atoms with E-state index in [4.69, 9.17) is 0 Å². The maximum atomic E-state index is 12.6. The molecule has 4 heteroatoms. The normalized spacial score (nSPS) is 17.6. The van der Waals surface area contributed by atoms with Crippen molar-refractivity contribution in [2.24, 2.45) is 11.8 Å². The van der Waals surface area contributed by atoms with E-state index in [0.717, 1.165) is 51.7 Å². The predicted molar refractivity (Wildman–Crippen MR) is 88.4 cm³/mol. The van der Waals surface area contributed by atoms with E-state index in [1.807, 2.05) is 0 Å². The average molecular weight is 305 g/mol. The van der Waals surface area contributed by atoms with Gasteiger partial charge in [-0.2, -0.15) is 0 Å². The summed E-state index contributed by atoms with van der Waals surface area (Å²) >= 11 is 0. The molecule has 1 atom stereocenters. The van der Waals surface area contributed by atoms with Crippen LogP contribution < -0.4 is 5.32 Å². The highest BCUT2D eigenvalue weighted by atomic mass is 35.5. The van der Waals surface area contributed by atoms with Gasteiger partial charge in [0.15, 0.2) is 0 Å². The molecule has 0 aromatic heterocycles. The molecule has 3 nitrogen and oxygen atoms in total. The van der Waals surface area contributed by atoms with Crippen molar-refractivity contribution in [2.45, 2.75) is 65.8 Å². The van der Waals surface area contributed by atoms with Gasteiger partial charge in [-0.05, 0) is 44.2 Å². The first-order chi connectivity index (χ1) is 9.10. The largest absolute Gasteiger partial charge is 0.340 e. The van der Waals surface area contributed by atoms with Gasteiger partial charge in [-0.25, -0.2) is 0 Å². The maximum Gasteiger partial charge on any atom is 0.223 e. The summed E-state index contributed by atoms with van der Waals surface area (Å²) in [4.78, 5) is 14.8. The van der Waals surface area contributed by atoms with Crippen LogP contribution in [0.2, 0.25) is 0 Å². The zero-order chi connectivity index (χ0) is 14.3. The maximum absolute atomic E-state index is 12.6. The molecule has 1 aliphatic heterocycles. The lowest BCUT2D eigenvalue weighted by molar-refractivity contribution is -0.135. The van der Waals surface area contributed by atoms with E-state index >= 15 is 0 Å². The smallest absolute Gasteiger partial charge is 0.223 e. The SMILES string of the molecule is CCCN(C(=O)CC(CC)C(C)C)C1CCNCC1.Cl. The Balaban J connectivity index is 0.00000361. The molecule has 0 spiro atoms. The molecule has 0 aromatic carbocycles. The highest BCUT2D eigenvalue weighted by molar-refractivity contribution is 5.85. The average Bonchev–Trinajstić information content (AvgIpc) is 2.42. The number of nitrogens with zero attached hydrogens (tertiary/aromatic N) is 1. The molecule has 1 saturated heterocycles. The van der Waals surface area contributed by atoms with Gasteiger partial charge in [-0.3, -0.25) is 4.79 Å². The van der Waals surface area contributed by atoms with Gasteiger partial charge in [0.25, 0.3) is 0 Å². The minimum Gasteiger partial charge on any atom is -0.340 e. The van der Waals surface area contributed by atoms with Crippen molar-refractivity contribution in [1.29, 1.82) is 0 Å². The Morgan fingerprint density at radius 2 is 1.85 bits per heavy atom. The van der Waals surface area contributed by atoms with Gasteiger partial charge in [0, 0.05) is 19.0 Å². The van der Waals surface area contributed by atoms with E-state index in [9.17, 15) is 4.79 Å². The number of nitrogens with one attached hydrogen (secondary N) is 1. The van der Waals surface area contributed by atoms with Crippen LogP contribution in [0.25, 0.3) is 0 Å². The number of carbonyl (C=O) groups is 1. The third-order valence-corrected chi connectivity index (χ3v) is 4.44. The standard InChI is InChI=1S/C16H32N2O.ClH/c1-5-11-18(15-7-9-17-10-8-15)16(19)12-14(6-2)13(3)4;/h13-15,17H,5-12H2,1-4H3;1H. The molecule has 20 heavy (non-hydrogen) atoms. The van der Waals surface area contributed by atoms with Gasteiger partial charge in [0.2, 0.25) is 5.91 Å². The number of amides is 1. The third kappa shape index (κ3) is 6.01. The number of hydrogen-bond acceptors (Lipinski definition) is 2. The second-order valence-corrected chi connectivity index (χ2v) is 6.18. The molecular formula is C16H33ClN2O. The Bertz CT molecular complexity index is 265. The molecule has 1 amide bonds. The molecule has 0 aromatic rings. The molecule has 1 N–H and O–H groups in total. The minimum absolute atomic E-state index is 0. The first kappa shape index (κ1) is 19.7. The van der Waals surface area contributed by atoms with E-state index in [1.165, 1.54) is 0 Å². The summed E-state index contributed by atoms with van der Waals surface area (Å²) in [5.41, 5.74) is 0. The lowest BCUT2D eigenvalue weighted by atomic mass is 9.89. The molecular weight excluding hydrogens is 272 g/mol. The van der Waals surface area contributed by atoms with Crippen LogP contribution >= 0.6 is 12.4 Å². The predicted octanol–water partition coefficient (Wildman–Crippen LogP) is 3.47. The lowest BCUT2D eigenvalue weighted by Crippen LogP contribution is -2.47. The van der Waals surface area contributed by atoms with Gasteiger partial charge in [-0.1, -0.05) is 34.1 Å².